The van der Waals surface area contributed by atoms with E-state index in [0.717, 1.165) is 25.9 Å². The Morgan fingerprint density at radius 2 is 2.00 bits per heavy atom. The third-order valence-electron chi connectivity index (χ3n) is 4.70. The lowest BCUT2D eigenvalue weighted by atomic mass is 9.87. The summed E-state index contributed by atoms with van der Waals surface area (Å²) >= 11 is 0. The van der Waals surface area contributed by atoms with E-state index in [9.17, 15) is 5.11 Å². The Balaban J connectivity index is 2.11. The van der Waals surface area contributed by atoms with Crippen LogP contribution in [0.15, 0.2) is 24.3 Å². The largest absolute Gasteiger partial charge is 0.392 e. The number of aliphatic hydroxyl groups is 1. The van der Waals surface area contributed by atoms with Crippen LogP contribution in [0.4, 0.5) is 5.69 Å². The third kappa shape index (κ3) is 2.94. The molecule has 19 heavy (non-hydrogen) atoms. The highest BCUT2D eigenvalue weighted by Gasteiger charge is 2.41. The van der Waals surface area contributed by atoms with E-state index in [1.165, 1.54) is 11.3 Å². The Labute approximate surface area is 117 Å². The van der Waals surface area contributed by atoms with Gasteiger partial charge in [-0.1, -0.05) is 32.0 Å². The van der Waals surface area contributed by atoms with Gasteiger partial charge in [-0.15, -0.1) is 0 Å². The molecular formula is C17H27NO. The topological polar surface area (TPSA) is 23.5 Å². The fraction of sp³-hybridized carbons (Fsp3) is 0.647. The van der Waals surface area contributed by atoms with E-state index in [0.29, 0.717) is 5.92 Å². The highest BCUT2D eigenvalue weighted by molar-refractivity contribution is 5.52. The van der Waals surface area contributed by atoms with Crippen LogP contribution in [0, 0.1) is 18.3 Å². The first-order chi connectivity index (χ1) is 8.95. The van der Waals surface area contributed by atoms with Gasteiger partial charge in [0.15, 0.2) is 0 Å². The maximum Gasteiger partial charge on any atom is 0.0636 e. The van der Waals surface area contributed by atoms with Crippen molar-refractivity contribution in [3.63, 3.8) is 0 Å². The third-order valence-corrected chi connectivity index (χ3v) is 4.70. The Morgan fingerprint density at radius 1 is 1.32 bits per heavy atom. The summed E-state index contributed by atoms with van der Waals surface area (Å²) in [5.74, 6) is 0.398. The van der Waals surface area contributed by atoms with Crippen LogP contribution >= 0.6 is 0 Å². The normalized spacial score (nSPS) is 25.5. The number of anilines is 1. The second kappa shape index (κ2) is 5.54. The summed E-state index contributed by atoms with van der Waals surface area (Å²) in [5.41, 5.74) is 2.70. The first-order valence-electron chi connectivity index (χ1n) is 7.44. The van der Waals surface area contributed by atoms with Gasteiger partial charge in [-0.3, -0.25) is 0 Å². The molecule has 0 heterocycles. The molecule has 2 unspecified atom stereocenters. The van der Waals surface area contributed by atoms with Crippen LogP contribution < -0.4 is 4.90 Å². The SMILES string of the molecule is CCN(CC1CCC(C)(C)C1O)c1ccccc1C. The molecule has 1 aromatic rings. The van der Waals surface area contributed by atoms with E-state index in [4.69, 9.17) is 0 Å². The van der Waals surface area contributed by atoms with Crippen molar-refractivity contribution in [1.82, 2.24) is 0 Å². The molecule has 0 aliphatic heterocycles. The Bertz CT molecular complexity index is 427. The van der Waals surface area contributed by atoms with Crippen molar-refractivity contribution >= 4 is 5.69 Å². The van der Waals surface area contributed by atoms with Gasteiger partial charge >= 0.3 is 0 Å². The van der Waals surface area contributed by atoms with E-state index in [1.807, 2.05) is 0 Å². The van der Waals surface area contributed by atoms with Crippen molar-refractivity contribution in [1.29, 1.82) is 0 Å². The molecule has 0 amide bonds. The summed E-state index contributed by atoms with van der Waals surface area (Å²) in [6.45, 7) is 10.7. The minimum atomic E-state index is -0.175. The van der Waals surface area contributed by atoms with E-state index in [2.05, 4.69) is 56.9 Å². The molecule has 1 fully saturated rings. The van der Waals surface area contributed by atoms with E-state index in [1.54, 1.807) is 0 Å². The molecular weight excluding hydrogens is 234 g/mol. The molecule has 2 nitrogen and oxygen atoms in total. The Hall–Kier alpha value is -1.02. The predicted octanol–water partition coefficient (Wildman–Crippen LogP) is 3.62. The minimum Gasteiger partial charge on any atom is -0.392 e. The molecule has 0 bridgehead atoms. The number of nitrogens with zero attached hydrogens (tertiary/aromatic N) is 1. The van der Waals surface area contributed by atoms with Crippen molar-refractivity contribution in [2.45, 2.75) is 46.6 Å². The standard InChI is InChI=1S/C17H27NO/c1-5-18(15-9-7-6-8-13(15)2)12-14-10-11-17(3,4)16(14)19/h6-9,14,16,19H,5,10-12H2,1-4H3. The molecule has 106 valence electrons. The molecule has 1 saturated carbocycles. The average molecular weight is 261 g/mol. The number of hydrogen-bond donors (Lipinski definition) is 1. The lowest BCUT2D eigenvalue weighted by Crippen LogP contribution is -2.36. The molecule has 2 rings (SSSR count). The molecule has 0 saturated heterocycles. The molecule has 1 aliphatic carbocycles. The van der Waals surface area contributed by atoms with Gasteiger partial charge in [-0.2, -0.15) is 0 Å². The molecule has 2 heteroatoms. The average Bonchev–Trinajstić information content (AvgIpc) is 2.63. The highest BCUT2D eigenvalue weighted by Crippen LogP contribution is 2.42. The maximum atomic E-state index is 10.5. The minimum absolute atomic E-state index is 0.0792. The molecule has 2 atom stereocenters. The van der Waals surface area contributed by atoms with Gasteiger partial charge in [0.05, 0.1) is 6.10 Å². The van der Waals surface area contributed by atoms with Crippen LogP contribution in [0.25, 0.3) is 0 Å². The van der Waals surface area contributed by atoms with E-state index < -0.39 is 0 Å². The highest BCUT2D eigenvalue weighted by atomic mass is 16.3. The molecule has 1 aliphatic rings. The number of benzene rings is 1. The summed E-state index contributed by atoms with van der Waals surface area (Å²) in [6.07, 6.45) is 2.09. The van der Waals surface area contributed by atoms with Crippen LogP contribution in [0.2, 0.25) is 0 Å². The molecule has 1 N–H and O–H groups in total. The fourth-order valence-electron chi connectivity index (χ4n) is 3.29. The summed E-state index contributed by atoms with van der Waals surface area (Å²) < 4.78 is 0. The van der Waals surface area contributed by atoms with Crippen LogP contribution in [-0.2, 0) is 0 Å². The van der Waals surface area contributed by atoms with Gasteiger partial charge in [-0.05, 0) is 43.7 Å². The van der Waals surface area contributed by atoms with Crippen molar-refractivity contribution in [2.24, 2.45) is 11.3 Å². The Kier molecular flexibility index (Phi) is 4.19. The first-order valence-corrected chi connectivity index (χ1v) is 7.44. The van der Waals surface area contributed by atoms with Crippen LogP contribution in [0.3, 0.4) is 0 Å². The quantitative estimate of drug-likeness (QED) is 0.895. The van der Waals surface area contributed by atoms with Gasteiger partial charge in [0.2, 0.25) is 0 Å². The fourth-order valence-corrected chi connectivity index (χ4v) is 3.29. The van der Waals surface area contributed by atoms with E-state index >= 15 is 0 Å². The maximum absolute atomic E-state index is 10.5. The molecule has 0 radical (unpaired) electrons. The predicted molar refractivity (Wildman–Crippen MR) is 81.6 cm³/mol. The summed E-state index contributed by atoms with van der Waals surface area (Å²) in [6, 6.07) is 8.53. The van der Waals surface area contributed by atoms with Crippen LogP contribution in [-0.4, -0.2) is 24.3 Å². The lowest BCUT2D eigenvalue weighted by Gasteiger charge is -2.31. The monoisotopic (exact) mass is 261 g/mol. The van der Waals surface area contributed by atoms with Gasteiger partial charge in [0.1, 0.15) is 0 Å². The molecule has 0 spiro atoms. The number of aliphatic hydroxyl groups excluding tert-OH is 1. The lowest BCUT2D eigenvalue weighted by molar-refractivity contribution is 0.0482. The van der Waals surface area contributed by atoms with Crippen LogP contribution in [0.1, 0.15) is 39.2 Å². The smallest absolute Gasteiger partial charge is 0.0636 e. The second-order valence-electron chi connectivity index (χ2n) is 6.56. The Morgan fingerprint density at radius 3 is 2.53 bits per heavy atom. The molecule has 0 aromatic heterocycles. The van der Waals surface area contributed by atoms with Crippen LogP contribution in [0.5, 0.6) is 0 Å². The summed E-state index contributed by atoms with van der Waals surface area (Å²) in [4.78, 5) is 2.41. The van der Waals surface area contributed by atoms with Gasteiger partial charge < -0.3 is 10.0 Å². The number of para-hydroxylation sites is 1. The zero-order valence-electron chi connectivity index (χ0n) is 12.7. The van der Waals surface area contributed by atoms with Crippen molar-refractivity contribution in [3.05, 3.63) is 29.8 Å². The first kappa shape index (κ1) is 14.4. The number of aryl methyl sites for hydroxylation is 1. The van der Waals surface area contributed by atoms with Crippen molar-refractivity contribution in [2.75, 3.05) is 18.0 Å². The summed E-state index contributed by atoms with van der Waals surface area (Å²) in [7, 11) is 0. The second-order valence-corrected chi connectivity index (χ2v) is 6.56. The zero-order valence-corrected chi connectivity index (χ0v) is 12.7. The molecule has 1 aromatic carbocycles. The van der Waals surface area contributed by atoms with Gasteiger partial charge in [0, 0.05) is 24.7 Å². The van der Waals surface area contributed by atoms with Gasteiger partial charge in [-0.25, -0.2) is 0 Å². The van der Waals surface area contributed by atoms with Crippen molar-refractivity contribution in [3.8, 4) is 0 Å². The number of hydrogen-bond acceptors (Lipinski definition) is 2. The van der Waals surface area contributed by atoms with Gasteiger partial charge in [0.25, 0.3) is 0 Å². The summed E-state index contributed by atoms with van der Waals surface area (Å²) in [5, 5.41) is 10.5. The van der Waals surface area contributed by atoms with Crippen molar-refractivity contribution < 1.29 is 5.11 Å². The number of rotatable bonds is 4. The zero-order chi connectivity index (χ0) is 14.0. The van der Waals surface area contributed by atoms with E-state index in [-0.39, 0.29) is 11.5 Å².